The molecule has 1 aliphatic rings. The number of halogens is 1. The number of hydrogen-bond donors (Lipinski definition) is 1. The van der Waals surface area contributed by atoms with Crippen molar-refractivity contribution in [2.24, 2.45) is 0 Å². The van der Waals surface area contributed by atoms with Crippen LogP contribution in [0.15, 0.2) is 36.4 Å². The minimum absolute atomic E-state index is 0.174. The van der Waals surface area contributed by atoms with E-state index in [4.69, 9.17) is 5.73 Å². The minimum atomic E-state index is -0.333. The first-order valence-electron chi connectivity index (χ1n) is 6.52. The number of aryl methyl sites for hydroxylation is 1. The summed E-state index contributed by atoms with van der Waals surface area (Å²) in [6, 6.07) is 9.92. The van der Waals surface area contributed by atoms with Gasteiger partial charge >= 0.3 is 0 Å². The second kappa shape index (κ2) is 4.63. The van der Waals surface area contributed by atoms with Crippen molar-refractivity contribution in [3.05, 3.63) is 58.9 Å². The largest absolute Gasteiger partial charge is 0.398 e. The van der Waals surface area contributed by atoms with E-state index in [0.717, 1.165) is 17.5 Å². The van der Waals surface area contributed by atoms with Gasteiger partial charge in [-0.1, -0.05) is 12.1 Å². The predicted octanol–water partition coefficient (Wildman–Crippen LogP) is 2.92. The average molecular weight is 270 g/mol. The van der Waals surface area contributed by atoms with Crippen LogP contribution in [0, 0.1) is 12.7 Å². The maximum absolute atomic E-state index is 13.4. The number of nitrogens with zero attached hydrogens (tertiary/aromatic N) is 1. The molecule has 2 aromatic rings. The Morgan fingerprint density at radius 2 is 2.05 bits per heavy atom. The van der Waals surface area contributed by atoms with Crippen LogP contribution in [-0.2, 0) is 6.42 Å². The number of hydrogen-bond acceptors (Lipinski definition) is 2. The fraction of sp³-hybridized carbons (Fsp3) is 0.188. The Labute approximate surface area is 116 Å². The van der Waals surface area contributed by atoms with Crippen molar-refractivity contribution >= 4 is 17.3 Å². The lowest BCUT2D eigenvalue weighted by Gasteiger charge is -2.18. The van der Waals surface area contributed by atoms with Crippen LogP contribution < -0.4 is 10.6 Å². The Morgan fingerprint density at radius 1 is 1.25 bits per heavy atom. The second-order valence-corrected chi connectivity index (χ2v) is 5.07. The van der Waals surface area contributed by atoms with Gasteiger partial charge < -0.3 is 10.6 Å². The molecule has 0 saturated heterocycles. The Bertz CT molecular complexity index is 697. The van der Waals surface area contributed by atoms with Crippen molar-refractivity contribution in [3.63, 3.8) is 0 Å². The first-order valence-corrected chi connectivity index (χ1v) is 6.52. The van der Waals surface area contributed by atoms with Gasteiger partial charge in [0.25, 0.3) is 5.91 Å². The van der Waals surface area contributed by atoms with Crippen LogP contribution in [0.1, 0.15) is 21.5 Å². The monoisotopic (exact) mass is 270 g/mol. The zero-order valence-electron chi connectivity index (χ0n) is 11.2. The molecule has 1 aliphatic heterocycles. The molecule has 0 spiro atoms. The number of nitrogens with two attached hydrogens (primary N) is 1. The van der Waals surface area contributed by atoms with E-state index in [1.165, 1.54) is 12.1 Å². The van der Waals surface area contributed by atoms with Crippen molar-refractivity contribution in [1.82, 2.24) is 0 Å². The first-order chi connectivity index (χ1) is 9.56. The van der Waals surface area contributed by atoms with E-state index in [1.54, 1.807) is 23.1 Å². The molecule has 1 amide bonds. The van der Waals surface area contributed by atoms with Crippen LogP contribution in [0.25, 0.3) is 0 Å². The van der Waals surface area contributed by atoms with E-state index in [2.05, 4.69) is 0 Å². The molecule has 0 atom stereocenters. The molecule has 0 radical (unpaired) electrons. The lowest BCUT2D eigenvalue weighted by atomic mass is 10.1. The van der Waals surface area contributed by atoms with Crippen LogP contribution in [0.2, 0.25) is 0 Å². The van der Waals surface area contributed by atoms with Gasteiger partial charge in [0.05, 0.1) is 11.3 Å². The molecule has 0 aliphatic carbocycles. The summed E-state index contributed by atoms with van der Waals surface area (Å²) in [4.78, 5) is 14.2. The third kappa shape index (κ3) is 2.03. The smallest absolute Gasteiger partial charge is 0.260 e. The molecule has 20 heavy (non-hydrogen) atoms. The van der Waals surface area contributed by atoms with E-state index in [1.807, 2.05) is 13.0 Å². The first kappa shape index (κ1) is 12.7. The van der Waals surface area contributed by atoms with Crippen LogP contribution in [0.5, 0.6) is 0 Å². The Kier molecular flexibility index (Phi) is 2.93. The highest BCUT2D eigenvalue weighted by molar-refractivity contribution is 6.10. The van der Waals surface area contributed by atoms with Crippen LogP contribution in [0.4, 0.5) is 15.8 Å². The van der Waals surface area contributed by atoms with E-state index in [0.29, 0.717) is 23.5 Å². The number of nitrogen functional groups attached to an aromatic ring is 1. The summed E-state index contributed by atoms with van der Waals surface area (Å²) in [5.74, 6) is -0.507. The molecule has 0 bridgehead atoms. The van der Waals surface area contributed by atoms with E-state index in [-0.39, 0.29) is 11.7 Å². The zero-order valence-corrected chi connectivity index (χ0v) is 11.2. The average Bonchev–Trinajstić information content (AvgIpc) is 2.81. The Hall–Kier alpha value is -2.36. The molecule has 2 N–H and O–H groups in total. The molecule has 102 valence electrons. The summed E-state index contributed by atoms with van der Waals surface area (Å²) in [6.45, 7) is 2.48. The Morgan fingerprint density at radius 3 is 2.80 bits per heavy atom. The highest BCUT2D eigenvalue weighted by Gasteiger charge is 2.26. The number of fused-ring (bicyclic) bond motifs is 1. The summed E-state index contributed by atoms with van der Waals surface area (Å²) in [6.07, 6.45) is 0.743. The number of anilines is 2. The molecule has 0 unspecified atom stereocenters. The summed E-state index contributed by atoms with van der Waals surface area (Å²) in [7, 11) is 0. The van der Waals surface area contributed by atoms with Gasteiger partial charge in [0.15, 0.2) is 0 Å². The summed E-state index contributed by atoms with van der Waals surface area (Å²) in [5, 5.41) is 0. The van der Waals surface area contributed by atoms with Crippen molar-refractivity contribution in [1.29, 1.82) is 0 Å². The highest BCUT2D eigenvalue weighted by Crippen LogP contribution is 2.31. The molecule has 2 aromatic carbocycles. The lowest BCUT2D eigenvalue weighted by Crippen LogP contribution is -2.29. The maximum Gasteiger partial charge on any atom is 0.260 e. The number of carbonyl (C=O) groups is 1. The zero-order chi connectivity index (χ0) is 14.3. The van der Waals surface area contributed by atoms with E-state index in [9.17, 15) is 9.18 Å². The van der Waals surface area contributed by atoms with Gasteiger partial charge in [-0.05, 0) is 48.7 Å². The van der Waals surface area contributed by atoms with Gasteiger partial charge in [-0.25, -0.2) is 4.39 Å². The molecular formula is C16H15FN2O. The summed E-state index contributed by atoms with van der Waals surface area (Å²) in [5.41, 5.74) is 9.49. The van der Waals surface area contributed by atoms with Gasteiger partial charge in [-0.3, -0.25) is 4.79 Å². The third-order valence-corrected chi connectivity index (χ3v) is 3.63. The van der Waals surface area contributed by atoms with Crippen LogP contribution >= 0.6 is 0 Å². The normalized spacial score (nSPS) is 13.4. The molecule has 0 fully saturated rings. The molecule has 3 nitrogen and oxygen atoms in total. The van der Waals surface area contributed by atoms with E-state index < -0.39 is 0 Å². The minimum Gasteiger partial charge on any atom is -0.398 e. The van der Waals surface area contributed by atoms with Gasteiger partial charge in [-0.15, -0.1) is 0 Å². The van der Waals surface area contributed by atoms with Crippen LogP contribution in [-0.4, -0.2) is 12.5 Å². The SMILES string of the molecule is Cc1ccc(C(=O)N2CCc3ccc(F)cc32)c(N)c1. The van der Waals surface area contributed by atoms with E-state index >= 15 is 0 Å². The number of amides is 1. The van der Waals surface area contributed by atoms with Crippen molar-refractivity contribution in [2.75, 3.05) is 17.2 Å². The number of rotatable bonds is 1. The molecular weight excluding hydrogens is 255 g/mol. The number of benzene rings is 2. The van der Waals surface area contributed by atoms with Gasteiger partial charge in [0.2, 0.25) is 0 Å². The fourth-order valence-electron chi connectivity index (χ4n) is 2.59. The molecule has 4 heteroatoms. The molecule has 0 aromatic heterocycles. The quantitative estimate of drug-likeness (QED) is 0.810. The third-order valence-electron chi connectivity index (χ3n) is 3.63. The highest BCUT2D eigenvalue weighted by atomic mass is 19.1. The van der Waals surface area contributed by atoms with Gasteiger partial charge in [-0.2, -0.15) is 0 Å². The van der Waals surface area contributed by atoms with Crippen molar-refractivity contribution in [3.8, 4) is 0 Å². The number of carbonyl (C=O) groups excluding carboxylic acids is 1. The standard InChI is InChI=1S/C16H15FN2O/c1-10-2-5-13(14(18)8-10)16(20)19-7-6-11-3-4-12(17)9-15(11)19/h2-5,8-9H,6-7,18H2,1H3. The Balaban J connectivity index is 1.99. The maximum atomic E-state index is 13.4. The van der Waals surface area contributed by atoms with Crippen molar-refractivity contribution < 1.29 is 9.18 Å². The molecule has 1 heterocycles. The fourth-order valence-corrected chi connectivity index (χ4v) is 2.59. The molecule has 3 rings (SSSR count). The second-order valence-electron chi connectivity index (χ2n) is 5.07. The predicted molar refractivity (Wildman–Crippen MR) is 77.4 cm³/mol. The van der Waals surface area contributed by atoms with Gasteiger partial charge in [0, 0.05) is 12.2 Å². The summed E-state index contributed by atoms with van der Waals surface area (Å²) >= 11 is 0. The topological polar surface area (TPSA) is 46.3 Å². The van der Waals surface area contributed by atoms with Gasteiger partial charge in [0.1, 0.15) is 5.82 Å². The molecule has 0 saturated carbocycles. The van der Waals surface area contributed by atoms with Crippen molar-refractivity contribution in [2.45, 2.75) is 13.3 Å². The van der Waals surface area contributed by atoms with Crippen LogP contribution in [0.3, 0.4) is 0 Å². The summed E-state index contributed by atoms with van der Waals surface area (Å²) < 4.78 is 13.4. The lowest BCUT2D eigenvalue weighted by molar-refractivity contribution is 0.0990.